The zero-order valence-electron chi connectivity index (χ0n) is 8.26. The zero-order chi connectivity index (χ0) is 11.0. The van der Waals surface area contributed by atoms with Gasteiger partial charge >= 0.3 is 0 Å². The van der Waals surface area contributed by atoms with Crippen LogP contribution in [0.2, 0.25) is 0 Å². The first-order chi connectivity index (χ1) is 7.08. The lowest BCUT2D eigenvalue weighted by Gasteiger charge is -2.10. The zero-order valence-corrected chi connectivity index (χ0v) is 9.85. The van der Waals surface area contributed by atoms with Crippen LogP contribution in [0.25, 0.3) is 5.65 Å². The van der Waals surface area contributed by atoms with Crippen LogP contribution in [0.1, 0.15) is 18.7 Å². The van der Waals surface area contributed by atoms with E-state index in [4.69, 9.17) is 5.73 Å². The van der Waals surface area contributed by atoms with E-state index in [0.29, 0.717) is 5.69 Å². The standard InChI is InChI=1S/C10H12BrN3O/c1-6(12)10(15)8-5-14-3-2-7(11)4-9(14)13-8/h2-6,10,15H,12H2,1H3. The Labute approximate surface area is 95.9 Å². The molecule has 0 aromatic carbocycles. The van der Waals surface area contributed by atoms with Crippen molar-refractivity contribution in [1.29, 1.82) is 0 Å². The van der Waals surface area contributed by atoms with Gasteiger partial charge in [0, 0.05) is 22.9 Å². The smallest absolute Gasteiger partial charge is 0.138 e. The third-order valence-corrected chi connectivity index (χ3v) is 2.74. The van der Waals surface area contributed by atoms with Crippen LogP contribution in [-0.4, -0.2) is 20.5 Å². The molecule has 2 rings (SSSR count). The van der Waals surface area contributed by atoms with Crippen LogP contribution in [0.5, 0.6) is 0 Å². The summed E-state index contributed by atoms with van der Waals surface area (Å²) in [4.78, 5) is 4.30. The fraction of sp³-hybridized carbons (Fsp3) is 0.300. The number of halogens is 1. The molecule has 2 atom stereocenters. The largest absolute Gasteiger partial charge is 0.385 e. The molecule has 3 N–H and O–H groups in total. The lowest BCUT2D eigenvalue weighted by atomic mass is 10.1. The van der Waals surface area contributed by atoms with Crippen molar-refractivity contribution in [2.75, 3.05) is 0 Å². The predicted molar refractivity (Wildman–Crippen MR) is 61.5 cm³/mol. The Bertz CT molecular complexity index is 480. The molecule has 0 aliphatic rings. The molecule has 0 saturated carbocycles. The van der Waals surface area contributed by atoms with Gasteiger partial charge in [0.1, 0.15) is 11.8 Å². The molecule has 2 aromatic rings. The van der Waals surface area contributed by atoms with Gasteiger partial charge in [0.15, 0.2) is 0 Å². The fourth-order valence-corrected chi connectivity index (χ4v) is 1.71. The molecule has 80 valence electrons. The van der Waals surface area contributed by atoms with Crippen molar-refractivity contribution in [2.45, 2.75) is 19.1 Å². The number of imidazole rings is 1. The Hall–Kier alpha value is -0.910. The van der Waals surface area contributed by atoms with Crippen molar-refractivity contribution in [2.24, 2.45) is 5.73 Å². The van der Waals surface area contributed by atoms with Gasteiger partial charge < -0.3 is 15.2 Å². The first-order valence-electron chi connectivity index (χ1n) is 4.66. The van der Waals surface area contributed by atoms with E-state index in [9.17, 15) is 5.11 Å². The SMILES string of the molecule is CC(N)C(O)c1cn2ccc(Br)cc2n1. The second kappa shape index (κ2) is 3.92. The Balaban J connectivity index is 2.47. The molecule has 2 aromatic heterocycles. The molecule has 0 spiro atoms. The van der Waals surface area contributed by atoms with Gasteiger partial charge in [-0.3, -0.25) is 0 Å². The third kappa shape index (κ3) is 2.04. The average Bonchev–Trinajstić information content (AvgIpc) is 2.58. The quantitative estimate of drug-likeness (QED) is 0.868. The lowest BCUT2D eigenvalue weighted by Crippen LogP contribution is -2.24. The number of nitrogens with two attached hydrogens (primary N) is 1. The van der Waals surface area contributed by atoms with Gasteiger partial charge in [0.05, 0.1) is 5.69 Å². The third-order valence-electron chi connectivity index (χ3n) is 2.24. The molecule has 0 saturated heterocycles. The average molecular weight is 270 g/mol. The molecule has 0 aliphatic carbocycles. The monoisotopic (exact) mass is 269 g/mol. The van der Waals surface area contributed by atoms with Crippen molar-refractivity contribution < 1.29 is 5.11 Å². The normalized spacial score (nSPS) is 15.5. The van der Waals surface area contributed by atoms with Gasteiger partial charge in [-0.15, -0.1) is 0 Å². The van der Waals surface area contributed by atoms with Crippen molar-refractivity contribution in [3.05, 3.63) is 34.7 Å². The van der Waals surface area contributed by atoms with Crippen LogP contribution < -0.4 is 5.73 Å². The van der Waals surface area contributed by atoms with Gasteiger partial charge in [-0.25, -0.2) is 4.98 Å². The second-order valence-corrected chi connectivity index (χ2v) is 4.50. The van der Waals surface area contributed by atoms with E-state index in [1.54, 1.807) is 13.1 Å². The summed E-state index contributed by atoms with van der Waals surface area (Å²) in [5.41, 5.74) is 7.00. The van der Waals surface area contributed by atoms with E-state index in [2.05, 4.69) is 20.9 Å². The number of aliphatic hydroxyl groups excluding tert-OH is 1. The first-order valence-corrected chi connectivity index (χ1v) is 5.45. The number of hydrogen-bond acceptors (Lipinski definition) is 3. The van der Waals surface area contributed by atoms with E-state index < -0.39 is 6.10 Å². The van der Waals surface area contributed by atoms with Crippen molar-refractivity contribution in [3.63, 3.8) is 0 Å². The summed E-state index contributed by atoms with van der Waals surface area (Å²) in [6.45, 7) is 1.75. The van der Waals surface area contributed by atoms with Gasteiger partial charge in [-0.05, 0) is 19.1 Å². The summed E-state index contributed by atoms with van der Waals surface area (Å²) in [6, 6.07) is 3.48. The maximum atomic E-state index is 9.76. The van der Waals surface area contributed by atoms with E-state index in [0.717, 1.165) is 10.1 Å². The van der Waals surface area contributed by atoms with Gasteiger partial charge in [0.2, 0.25) is 0 Å². The van der Waals surface area contributed by atoms with Gasteiger partial charge in [0.25, 0.3) is 0 Å². The number of pyridine rings is 1. The summed E-state index contributed by atoms with van der Waals surface area (Å²) in [5, 5.41) is 9.76. The van der Waals surface area contributed by atoms with E-state index >= 15 is 0 Å². The maximum Gasteiger partial charge on any atom is 0.138 e. The molecule has 0 bridgehead atoms. The highest BCUT2D eigenvalue weighted by atomic mass is 79.9. The minimum absolute atomic E-state index is 0.321. The number of fused-ring (bicyclic) bond motifs is 1. The molecule has 0 aliphatic heterocycles. The van der Waals surface area contributed by atoms with Gasteiger partial charge in [-0.2, -0.15) is 0 Å². The van der Waals surface area contributed by atoms with Crippen LogP contribution in [-0.2, 0) is 0 Å². The Kier molecular flexibility index (Phi) is 2.77. The van der Waals surface area contributed by atoms with Crippen LogP contribution >= 0.6 is 15.9 Å². The molecule has 0 fully saturated rings. The Morgan fingerprint density at radius 3 is 3.00 bits per heavy atom. The predicted octanol–water partition coefficient (Wildman–Crippen LogP) is 1.48. The number of hydrogen-bond donors (Lipinski definition) is 2. The molecule has 5 heteroatoms. The van der Waals surface area contributed by atoms with Crippen LogP contribution in [0, 0.1) is 0 Å². The molecular formula is C10H12BrN3O. The van der Waals surface area contributed by atoms with Crippen LogP contribution in [0.3, 0.4) is 0 Å². The molecule has 2 unspecified atom stereocenters. The molecule has 0 radical (unpaired) electrons. The highest BCUT2D eigenvalue weighted by Crippen LogP contribution is 2.18. The molecule has 2 heterocycles. The van der Waals surface area contributed by atoms with Crippen molar-refractivity contribution in [1.82, 2.24) is 9.38 Å². The summed E-state index contributed by atoms with van der Waals surface area (Å²) >= 11 is 3.37. The molecule has 0 amide bonds. The maximum absolute atomic E-state index is 9.76. The Morgan fingerprint density at radius 1 is 1.60 bits per heavy atom. The minimum atomic E-state index is -0.719. The van der Waals surface area contributed by atoms with E-state index in [1.807, 2.05) is 22.7 Å². The molecule has 4 nitrogen and oxygen atoms in total. The summed E-state index contributed by atoms with van der Waals surface area (Å²) in [5.74, 6) is 0. The number of aliphatic hydroxyl groups is 1. The van der Waals surface area contributed by atoms with Crippen molar-refractivity contribution in [3.8, 4) is 0 Å². The van der Waals surface area contributed by atoms with Crippen LogP contribution in [0.15, 0.2) is 29.0 Å². The second-order valence-electron chi connectivity index (χ2n) is 3.58. The topological polar surface area (TPSA) is 63.5 Å². The fourth-order valence-electron chi connectivity index (χ4n) is 1.39. The number of aromatic nitrogens is 2. The van der Waals surface area contributed by atoms with Gasteiger partial charge in [-0.1, -0.05) is 15.9 Å². The molecule has 15 heavy (non-hydrogen) atoms. The summed E-state index contributed by atoms with van der Waals surface area (Å²) < 4.78 is 2.81. The lowest BCUT2D eigenvalue weighted by molar-refractivity contribution is 0.149. The number of rotatable bonds is 2. The summed E-state index contributed by atoms with van der Waals surface area (Å²) in [6.07, 6.45) is 2.95. The molecular weight excluding hydrogens is 258 g/mol. The van der Waals surface area contributed by atoms with Crippen molar-refractivity contribution >= 4 is 21.6 Å². The minimum Gasteiger partial charge on any atom is -0.385 e. The number of nitrogens with zero attached hydrogens (tertiary/aromatic N) is 2. The highest BCUT2D eigenvalue weighted by molar-refractivity contribution is 9.10. The first kappa shape index (κ1) is 10.6. The van der Waals surface area contributed by atoms with E-state index in [1.165, 1.54) is 0 Å². The summed E-state index contributed by atoms with van der Waals surface area (Å²) in [7, 11) is 0. The van der Waals surface area contributed by atoms with Crippen LogP contribution in [0.4, 0.5) is 0 Å². The Morgan fingerprint density at radius 2 is 2.33 bits per heavy atom. The van der Waals surface area contributed by atoms with E-state index in [-0.39, 0.29) is 6.04 Å². The highest BCUT2D eigenvalue weighted by Gasteiger charge is 2.15.